The van der Waals surface area contributed by atoms with E-state index in [0.717, 1.165) is 56.1 Å². The predicted molar refractivity (Wildman–Crippen MR) is 95.6 cm³/mol. The molecule has 0 spiro atoms. The smallest absolute Gasteiger partial charge is 0.224 e. The lowest BCUT2D eigenvalue weighted by molar-refractivity contribution is -0.132. The van der Waals surface area contributed by atoms with Crippen LogP contribution in [-0.4, -0.2) is 72.8 Å². The monoisotopic (exact) mass is 341 g/mol. The minimum absolute atomic E-state index is 0.144. The number of ether oxygens (including phenoxy) is 1. The minimum Gasteiger partial charge on any atom is -0.378 e. The zero-order valence-electron chi connectivity index (χ0n) is 14.2. The van der Waals surface area contributed by atoms with Crippen molar-refractivity contribution in [3.8, 4) is 0 Å². The van der Waals surface area contributed by atoms with Crippen LogP contribution in [-0.2, 0) is 9.53 Å². The highest BCUT2D eigenvalue weighted by molar-refractivity contribution is 5.89. The highest BCUT2D eigenvalue weighted by atomic mass is 16.5. The molecule has 7 heteroatoms. The molecular weight excluding hydrogens is 318 g/mol. The van der Waals surface area contributed by atoms with Gasteiger partial charge < -0.3 is 19.9 Å². The highest BCUT2D eigenvalue weighted by Gasteiger charge is 2.25. The van der Waals surface area contributed by atoms with E-state index in [4.69, 9.17) is 4.74 Å². The van der Waals surface area contributed by atoms with Crippen LogP contribution in [0.15, 0.2) is 30.6 Å². The number of benzene rings is 1. The number of aromatic nitrogens is 2. The Hall–Kier alpha value is -2.25. The van der Waals surface area contributed by atoms with Crippen LogP contribution in [0, 0.1) is 0 Å². The van der Waals surface area contributed by atoms with Crippen molar-refractivity contribution in [3.05, 3.63) is 30.6 Å². The van der Waals surface area contributed by atoms with Crippen LogP contribution in [0.1, 0.15) is 6.42 Å². The number of piperazine rings is 1. The third kappa shape index (κ3) is 3.57. The summed E-state index contributed by atoms with van der Waals surface area (Å²) in [5, 5.41) is 4.41. The van der Waals surface area contributed by atoms with Crippen molar-refractivity contribution in [2.24, 2.45) is 0 Å². The second-order valence-electron chi connectivity index (χ2n) is 6.51. The summed E-state index contributed by atoms with van der Waals surface area (Å²) in [5.41, 5.74) is 0.953. The van der Waals surface area contributed by atoms with Crippen molar-refractivity contribution in [1.29, 1.82) is 0 Å². The van der Waals surface area contributed by atoms with Gasteiger partial charge in [0.25, 0.3) is 0 Å². The molecule has 1 amide bonds. The fraction of sp³-hybridized carbons (Fsp3) is 0.500. The first kappa shape index (κ1) is 16.2. The van der Waals surface area contributed by atoms with Crippen LogP contribution >= 0.6 is 0 Å². The third-order valence-corrected chi connectivity index (χ3v) is 4.87. The quantitative estimate of drug-likeness (QED) is 0.884. The number of nitrogens with zero attached hydrogens (tertiary/aromatic N) is 4. The zero-order chi connectivity index (χ0) is 17.1. The third-order valence-electron chi connectivity index (χ3n) is 4.87. The van der Waals surface area contributed by atoms with Crippen LogP contribution < -0.4 is 10.2 Å². The maximum Gasteiger partial charge on any atom is 0.224 e. The average Bonchev–Trinajstić information content (AvgIpc) is 2.68. The summed E-state index contributed by atoms with van der Waals surface area (Å²) < 4.78 is 5.43. The molecule has 0 bridgehead atoms. The molecule has 2 fully saturated rings. The van der Waals surface area contributed by atoms with Crippen molar-refractivity contribution in [2.75, 3.05) is 50.8 Å². The number of amides is 1. The molecule has 0 radical (unpaired) electrons. The van der Waals surface area contributed by atoms with Gasteiger partial charge in [0.2, 0.25) is 5.91 Å². The number of morpholine rings is 1. The van der Waals surface area contributed by atoms with E-state index in [2.05, 4.69) is 26.3 Å². The average molecular weight is 341 g/mol. The number of rotatable bonds is 3. The van der Waals surface area contributed by atoms with Gasteiger partial charge in [-0.3, -0.25) is 4.79 Å². The van der Waals surface area contributed by atoms with Gasteiger partial charge in [-0.1, -0.05) is 12.1 Å². The fourth-order valence-electron chi connectivity index (χ4n) is 3.50. The van der Waals surface area contributed by atoms with Crippen molar-refractivity contribution in [2.45, 2.75) is 12.5 Å². The molecule has 1 N–H and O–H groups in total. The molecule has 0 saturated carbocycles. The van der Waals surface area contributed by atoms with Crippen LogP contribution in [0.3, 0.4) is 0 Å². The topological polar surface area (TPSA) is 70.6 Å². The molecule has 25 heavy (non-hydrogen) atoms. The fourth-order valence-corrected chi connectivity index (χ4v) is 3.50. The van der Waals surface area contributed by atoms with Gasteiger partial charge in [0.15, 0.2) is 0 Å². The number of carbonyl (C=O) groups excluding carboxylic acids is 1. The normalized spacial score (nSPS) is 21.5. The molecule has 7 nitrogen and oxygen atoms in total. The summed E-state index contributed by atoms with van der Waals surface area (Å²) in [5.74, 6) is 1.16. The first-order valence-corrected chi connectivity index (χ1v) is 8.85. The SMILES string of the molecule is O=C(C[C@@H]1COCCN1)N1CCN(c2ncnc3ccccc23)CC1. The first-order chi connectivity index (χ1) is 12.3. The Kier molecular flexibility index (Phi) is 4.76. The molecule has 2 aliphatic rings. The summed E-state index contributed by atoms with van der Waals surface area (Å²) >= 11 is 0. The molecule has 2 saturated heterocycles. The molecular formula is C18H23N5O2. The van der Waals surface area contributed by atoms with Gasteiger partial charge in [0.1, 0.15) is 12.1 Å². The lowest BCUT2D eigenvalue weighted by Crippen LogP contribution is -2.51. The standard InChI is InChI=1S/C18H23N5O2/c24-17(11-14-12-25-10-5-19-14)22-6-8-23(9-7-22)18-15-3-1-2-4-16(15)20-13-21-18/h1-4,13-14,19H,5-12H2/t14-/m1/s1. The summed E-state index contributed by atoms with van der Waals surface area (Å²) in [6.07, 6.45) is 2.13. The van der Waals surface area contributed by atoms with Crippen molar-refractivity contribution in [3.63, 3.8) is 0 Å². The minimum atomic E-state index is 0.144. The van der Waals surface area contributed by atoms with E-state index < -0.39 is 0 Å². The van der Waals surface area contributed by atoms with E-state index in [-0.39, 0.29) is 11.9 Å². The lowest BCUT2D eigenvalue weighted by atomic mass is 10.1. The van der Waals surface area contributed by atoms with Gasteiger partial charge in [-0.15, -0.1) is 0 Å². The van der Waals surface area contributed by atoms with E-state index in [1.165, 1.54) is 0 Å². The Labute approximate surface area is 147 Å². The van der Waals surface area contributed by atoms with Crippen molar-refractivity contribution < 1.29 is 9.53 Å². The van der Waals surface area contributed by atoms with Crippen LogP contribution in [0.25, 0.3) is 10.9 Å². The Balaban J connectivity index is 1.38. The Morgan fingerprint density at radius 3 is 2.84 bits per heavy atom. The summed E-state index contributed by atoms with van der Waals surface area (Å²) in [6.45, 7) is 5.22. The Bertz CT molecular complexity index is 734. The molecule has 1 aromatic carbocycles. The summed E-state index contributed by atoms with van der Waals surface area (Å²) in [7, 11) is 0. The van der Waals surface area contributed by atoms with E-state index in [1.807, 2.05) is 23.1 Å². The van der Waals surface area contributed by atoms with Crippen molar-refractivity contribution >= 4 is 22.6 Å². The number of nitrogens with one attached hydrogen (secondary N) is 1. The first-order valence-electron chi connectivity index (χ1n) is 8.85. The molecule has 2 aromatic rings. The van der Waals surface area contributed by atoms with Gasteiger partial charge in [0, 0.05) is 50.6 Å². The van der Waals surface area contributed by atoms with Crippen LogP contribution in [0.4, 0.5) is 5.82 Å². The second-order valence-corrected chi connectivity index (χ2v) is 6.51. The molecule has 1 aromatic heterocycles. The van der Waals surface area contributed by atoms with E-state index in [1.54, 1.807) is 6.33 Å². The van der Waals surface area contributed by atoms with Crippen LogP contribution in [0.2, 0.25) is 0 Å². The molecule has 132 valence electrons. The second kappa shape index (κ2) is 7.33. The number of hydrogen-bond acceptors (Lipinski definition) is 6. The highest BCUT2D eigenvalue weighted by Crippen LogP contribution is 2.23. The predicted octanol–water partition coefficient (Wildman–Crippen LogP) is 0.657. The summed E-state index contributed by atoms with van der Waals surface area (Å²) in [6, 6.07) is 8.19. The molecule has 0 unspecified atom stereocenters. The number of hydrogen-bond donors (Lipinski definition) is 1. The molecule has 3 heterocycles. The number of carbonyl (C=O) groups is 1. The van der Waals surface area contributed by atoms with E-state index in [0.29, 0.717) is 13.0 Å². The maximum atomic E-state index is 12.5. The van der Waals surface area contributed by atoms with Gasteiger partial charge in [-0.05, 0) is 12.1 Å². The molecule has 2 aliphatic heterocycles. The number of para-hydroxylation sites is 1. The zero-order valence-corrected chi connectivity index (χ0v) is 14.2. The Morgan fingerprint density at radius 1 is 1.20 bits per heavy atom. The lowest BCUT2D eigenvalue weighted by Gasteiger charge is -2.36. The van der Waals surface area contributed by atoms with Gasteiger partial charge >= 0.3 is 0 Å². The van der Waals surface area contributed by atoms with Crippen LogP contribution in [0.5, 0.6) is 0 Å². The molecule has 0 aliphatic carbocycles. The van der Waals surface area contributed by atoms with Gasteiger partial charge in [-0.2, -0.15) is 0 Å². The van der Waals surface area contributed by atoms with E-state index >= 15 is 0 Å². The largest absolute Gasteiger partial charge is 0.378 e. The maximum absolute atomic E-state index is 12.5. The number of anilines is 1. The van der Waals surface area contributed by atoms with Gasteiger partial charge in [0.05, 0.1) is 18.7 Å². The number of fused-ring (bicyclic) bond motifs is 1. The molecule has 4 rings (SSSR count). The van der Waals surface area contributed by atoms with Gasteiger partial charge in [-0.25, -0.2) is 9.97 Å². The van der Waals surface area contributed by atoms with E-state index in [9.17, 15) is 4.79 Å². The Morgan fingerprint density at radius 2 is 2.04 bits per heavy atom. The molecule has 1 atom stereocenters. The van der Waals surface area contributed by atoms with Crippen molar-refractivity contribution in [1.82, 2.24) is 20.2 Å². The summed E-state index contributed by atoms with van der Waals surface area (Å²) in [4.78, 5) is 25.5.